The lowest BCUT2D eigenvalue weighted by atomic mass is 9.81. The van der Waals surface area contributed by atoms with Crippen molar-refractivity contribution < 1.29 is 4.79 Å². The summed E-state index contributed by atoms with van der Waals surface area (Å²) in [5.41, 5.74) is 0. The van der Waals surface area contributed by atoms with Crippen LogP contribution in [0.4, 0.5) is 0 Å². The predicted molar refractivity (Wildman–Crippen MR) is 49.5 cm³/mol. The maximum Gasteiger partial charge on any atom is 0.178 e. The van der Waals surface area contributed by atoms with Crippen LogP contribution in [-0.2, 0) is 4.79 Å². The lowest BCUT2D eigenvalue weighted by molar-refractivity contribution is -0.118. The third-order valence-corrected chi connectivity index (χ3v) is 4.18. The van der Waals surface area contributed by atoms with Crippen molar-refractivity contribution in [2.24, 2.45) is 11.8 Å². The molecule has 0 bridgehead atoms. The number of carbonyl (C=O) groups excluding carboxylic acids is 1. The van der Waals surface area contributed by atoms with E-state index < -0.39 is 4.33 Å². The average molecular weight is 207 g/mol. The highest BCUT2D eigenvalue weighted by Crippen LogP contribution is 2.51. The van der Waals surface area contributed by atoms with Crippen LogP contribution in [0, 0.1) is 11.8 Å². The predicted octanol–water partition coefficient (Wildman–Crippen LogP) is 2.94. The Morgan fingerprint density at radius 1 is 1.25 bits per heavy atom. The highest BCUT2D eigenvalue weighted by molar-refractivity contribution is 6.59. The second kappa shape index (κ2) is 2.88. The number of carbonyl (C=O) groups is 1. The lowest BCUT2D eigenvalue weighted by Gasteiger charge is -2.29. The molecule has 0 aromatic rings. The van der Waals surface area contributed by atoms with E-state index in [1.165, 1.54) is 12.8 Å². The molecule has 68 valence electrons. The first kappa shape index (κ1) is 8.83. The second-order valence-corrected chi connectivity index (χ2v) is 5.29. The van der Waals surface area contributed by atoms with Gasteiger partial charge in [-0.25, -0.2) is 0 Å². The highest BCUT2D eigenvalue weighted by Gasteiger charge is 2.52. The largest absolute Gasteiger partial charge is 0.296 e. The molecule has 0 radical (unpaired) electrons. The fourth-order valence-electron chi connectivity index (χ4n) is 2.51. The Kier molecular flexibility index (Phi) is 2.12. The van der Waals surface area contributed by atoms with E-state index in [4.69, 9.17) is 23.2 Å². The van der Waals surface area contributed by atoms with E-state index in [1.54, 1.807) is 0 Å². The number of hydrogen-bond acceptors (Lipinski definition) is 1. The minimum absolute atomic E-state index is 0.0442. The Labute approximate surface area is 82.4 Å². The van der Waals surface area contributed by atoms with Crippen molar-refractivity contribution in [1.29, 1.82) is 0 Å². The summed E-state index contributed by atoms with van der Waals surface area (Å²) in [6, 6.07) is 0. The first-order chi connectivity index (χ1) is 5.62. The van der Waals surface area contributed by atoms with Crippen LogP contribution in [0.1, 0.15) is 32.1 Å². The molecule has 12 heavy (non-hydrogen) atoms. The molecule has 0 heterocycles. The Hall–Kier alpha value is 0.250. The number of alkyl halides is 2. The molecule has 2 aliphatic rings. The summed E-state index contributed by atoms with van der Waals surface area (Å²) in [6.45, 7) is 0. The fourth-order valence-corrected chi connectivity index (χ4v) is 3.24. The molecule has 2 aliphatic carbocycles. The zero-order valence-electron chi connectivity index (χ0n) is 6.85. The van der Waals surface area contributed by atoms with Crippen molar-refractivity contribution in [3.05, 3.63) is 0 Å². The van der Waals surface area contributed by atoms with E-state index in [-0.39, 0.29) is 11.7 Å². The molecule has 0 aliphatic heterocycles. The standard InChI is InChI=1S/C9H12Cl2O/c10-9(11)7-4-2-1-3-6(7)5-8(9)12/h6-7H,1-5H2/t6-,7-/m0/s1. The van der Waals surface area contributed by atoms with Crippen molar-refractivity contribution >= 4 is 29.0 Å². The summed E-state index contributed by atoms with van der Waals surface area (Å²) in [5.74, 6) is 0.756. The molecule has 0 aromatic carbocycles. The molecular weight excluding hydrogens is 195 g/mol. The zero-order chi connectivity index (χ0) is 8.77. The Bertz CT molecular complexity index is 213. The molecule has 3 heteroatoms. The summed E-state index contributed by atoms with van der Waals surface area (Å²) < 4.78 is -1.05. The van der Waals surface area contributed by atoms with Gasteiger partial charge < -0.3 is 0 Å². The van der Waals surface area contributed by atoms with Gasteiger partial charge in [0.05, 0.1) is 0 Å². The van der Waals surface area contributed by atoms with Crippen molar-refractivity contribution in [2.75, 3.05) is 0 Å². The average Bonchev–Trinajstić information content (AvgIpc) is 2.25. The van der Waals surface area contributed by atoms with E-state index in [1.807, 2.05) is 0 Å². The molecule has 0 amide bonds. The SMILES string of the molecule is O=C1C[C@@H]2CCCC[C@@H]2C1(Cl)Cl. The lowest BCUT2D eigenvalue weighted by Crippen LogP contribution is -2.30. The van der Waals surface area contributed by atoms with Crippen molar-refractivity contribution in [3.8, 4) is 0 Å². The van der Waals surface area contributed by atoms with Gasteiger partial charge in [0.2, 0.25) is 0 Å². The molecule has 2 saturated carbocycles. The summed E-state index contributed by atoms with van der Waals surface area (Å²) in [6.07, 6.45) is 5.19. The van der Waals surface area contributed by atoms with Crippen molar-refractivity contribution in [2.45, 2.75) is 36.4 Å². The molecular formula is C9H12Cl2O. The van der Waals surface area contributed by atoms with Gasteiger partial charge in [-0.2, -0.15) is 0 Å². The van der Waals surface area contributed by atoms with Gasteiger partial charge >= 0.3 is 0 Å². The first-order valence-corrected chi connectivity index (χ1v) is 5.29. The summed E-state index contributed by atoms with van der Waals surface area (Å²) in [4.78, 5) is 11.4. The Morgan fingerprint density at radius 2 is 1.92 bits per heavy atom. The van der Waals surface area contributed by atoms with E-state index >= 15 is 0 Å². The molecule has 0 unspecified atom stereocenters. The van der Waals surface area contributed by atoms with Gasteiger partial charge in [0, 0.05) is 12.3 Å². The summed E-state index contributed by atoms with van der Waals surface area (Å²) in [5, 5.41) is 0. The van der Waals surface area contributed by atoms with Gasteiger partial charge in [0.15, 0.2) is 10.1 Å². The number of Topliss-reactive ketones (excluding diaryl/α,β-unsaturated/α-hetero) is 1. The van der Waals surface area contributed by atoms with Gasteiger partial charge in [0.25, 0.3) is 0 Å². The van der Waals surface area contributed by atoms with Crippen LogP contribution < -0.4 is 0 Å². The molecule has 0 aromatic heterocycles. The molecule has 2 rings (SSSR count). The monoisotopic (exact) mass is 206 g/mol. The van der Waals surface area contributed by atoms with E-state index in [2.05, 4.69) is 0 Å². The normalized spacial score (nSPS) is 39.7. The van der Waals surface area contributed by atoms with Gasteiger partial charge in [-0.1, -0.05) is 36.0 Å². The van der Waals surface area contributed by atoms with Gasteiger partial charge in [0.1, 0.15) is 0 Å². The van der Waals surface area contributed by atoms with Gasteiger partial charge in [-0.15, -0.1) is 0 Å². The van der Waals surface area contributed by atoms with Crippen LogP contribution in [0.15, 0.2) is 0 Å². The van der Waals surface area contributed by atoms with Crippen LogP contribution in [-0.4, -0.2) is 10.1 Å². The number of hydrogen-bond donors (Lipinski definition) is 0. The van der Waals surface area contributed by atoms with Crippen LogP contribution >= 0.6 is 23.2 Å². The minimum atomic E-state index is -1.05. The molecule has 1 nitrogen and oxygen atoms in total. The number of halogens is 2. The van der Waals surface area contributed by atoms with E-state index in [9.17, 15) is 4.79 Å². The number of rotatable bonds is 0. The Morgan fingerprint density at radius 3 is 2.58 bits per heavy atom. The maximum absolute atomic E-state index is 11.4. The minimum Gasteiger partial charge on any atom is -0.296 e. The highest BCUT2D eigenvalue weighted by atomic mass is 35.5. The molecule has 2 fully saturated rings. The number of ketones is 1. The topological polar surface area (TPSA) is 17.1 Å². The van der Waals surface area contributed by atoms with Gasteiger partial charge in [-0.3, -0.25) is 4.79 Å². The smallest absolute Gasteiger partial charge is 0.178 e. The van der Waals surface area contributed by atoms with Crippen LogP contribution in [0.5, 0.6) is 0 Å². The van der Waals surface area contributed by atoms with Crippen molar-refractivity contribution in [1.82, 2.24) is 0 Å². The maximum atomic E-state index is 11.4. The fraction of sp³-hybridized carbons (Fsp3) is 0.889. The van der Waals surface area contributed by atoms with Crippen molar-refractivity contribution in [3.63, 3.8) is 0 Å². The third-order valence-electron chi connectivity index (χ3n) is 3.19. The molecule has 0 N–H and O–H groups in total. The summed E-state index contributed by atoms with van der Waals surface area (Å²) >= 11 is 12.0. The van der Waals surface area contributed by atoms with E-state index in [0.717, 1.165) is 12.8 Å². The first-order valence-electron chi connectivity index (χ1n) is 4.53. The summed E-state index contributed by atoms with van der Waals surface area (Å²) in [7, 11) is 0. The quantitative estimate of drug-likeness (QED) is 0.558. The molecule has 2 atom stereocenters. The van der Waals surface area contributed by atoms with Gasteiger partial charge in [-0.05, 0) is 18.8 Å². The van der Waals surface area contributed by atoms with Crippen LogP contribution in [0.2, 0.25) is 0 Å². The molecule has 0 spiro atoms. The van der Waals surface area contributed by atoms with Crippen LogP contribution in [0.25, 0.3) is 0 Å². The zero-order valence-corrected chi connectivity index (χ0v) is 8.37. The third kappa shape index (κ3) is 1.18. The molecule has 0 saturated heterocycles. The van der Waals surface area contributed by atoms with E-state index in [0.29, 0.717) is 12.3 Å². The second-order valence-electron chi connectivity index (χ2n) is 3.90. The van der Waals surface area contributed by atoms with Crippen LogP contribution in [0.3, 0.4) is 0 Å². The number of fused-ring (bicyclic) bond motifs is 1. The Balaban J connectivity index is 2.22.